The van der Waals surface area contributed by atoms with Gasteiger partial charge in [-0.15, -0.1) is 0 Å². The Labute approximate surface area is 88.6 Å². The molecule has 0 aromatic carbocycles. The molecule has 1 N–H and O–H groups in total. The van der Waals surface area contributed by atoms with E-state index in [1.54, 1.807) is 6.08 Å². The monoisotopic (exact) mass is 234 g/mol. The van der Waals surface area contributed by atoms with Gasteiger partial charge in [0.15, 0.2) is 0 Å². The third-order valence-corrected chi connectivity index (χ3v) is 3.95. The third kappa shape index (κ3) is 2.89. The van der Waals surface area contributed by atoms with Crippen molar-refractivity contribution in [3.8, 4) is 0 Å². The van der Waals surface area contributed by atoms with Crippen LogP contribution in [0, 0.1) is 0 Å². The first-order valence-electron chi connectivity index (χ1n) is 5.11. The summed E-state index contributed by atoms with van der Waals surface area (Å²) in [7, 11) is -3.35. The molecule has 1 fully saturated rings. The third-order valence-electron chi connectivity index (χ3n) is 2.40. The number of rotatable bonds is 3. The molecule has 2 heterocycles. The molecule has 0 aliphatic carbocycles. The predicted molar refractivity (Wildman–Crippen MR) is 53.4 cm³/mol. The van der Waals surface area contributed by atoms with E-state index in [0.717, 1.165) is 0 Å². The van der Waals surface area contributed by atoms with E-state index in [-0.39, 0.29) is 25.4 Å². The quantitative estimate of drug-likeness (QED) is 0.593. The Morgan fingerprint density at radius 1 is 1.47 bits per heavy atom. The van der Waals surface area contributed by atoms with E-state index in [1.807, 2.05) is 6.08 Å². The van der Waals surface area contributed by atoms with E-state index in [4.69, 9.17) is 18.7 Å². The van der Waals surface area contributed by atoms with Crippen molar-refractivity contribution in [2.45, 2.75) is 31.5 Å². The molecule has 0 saturated carbocycles. The standard InChI is InChI=1S/C9H15O5P/c10-5-1-3-8-7-9-4-2-6-12-15(11,13-8)14-9/h2,4,8-10H,1,3,5-7H2/t8-,9-,15?/m0/s1. The molecule has 1 saturated heterocycles. The van der Waals surface area contributed by atoms with Gasteiger partial charge in [-0.05, 0) is 12.8 Å². The Bertz CT molecular complexity index is 290. The van der Waals surface area contributed by atoms with Crippen molar-refractivity contribution in [2.75, 3.05) is 13.2 Å². The average molecular weight is 234 g/mol. The summed E-state index contributed by atoms with van der Waals surface area (Å²) in [5.41, 5.74) is 0. The lowest BCUT2D eigenvalue weighted by molar-refractivity contribution is 0.00760. The molecule has 2 aliphatic heterocycles. The van der Waals surface area contributed by atoms with Crippen LogP contribution in [0.3, 0.4) is 0 Å². The largest absolute Gasteiger partial charge is 0.475 e. The SMILES string of the molecule is O=P12OCC=C[C@@H](C[C@H](CCCO)O1)O2. The van der Waals surface area contributed by atoms with E-state index >= 15 is 0 Å². The van der Waals surface area contributed by atoms with Crippen molar-refractivity contribution in [3.05, 3.63) is 12.2 Å². The summed E-state index contributed by atoms with van der Waals surface area (Å²) < 4.78 is 27.4. The van der Waals surface area contributed by atoms with E-state index in [1.165, 1.54) is 0 Å². The molecule has 1 unspecified atom stereocenters. The summed E-state index contributed by atoms with van der Waals surface area (Å²) >= 11 is 0. The fraction of sp³-hybridized carbons (Fsp3) is 0.778. The summed E-state index contributed by atoms with van der Waals surface area (Å²) in [6.45, 7) is 0.382. The Kier molecular flexibility index (Phi) is 3.59. The van der Waals surface area contributed by atoms with Gasteiger partial charge in [-0.2, -0.15) is 0 Å². The van der Waals surface area contributed by atoms with Crippen molar-refractivity contribution in [1.82, 2.24) is 0 Å². The lowest BCUT2D eigenvalue weighted by Gasteiger charge is -2.31. The number of aliphatic hydroxyl groups excluding tert-OH is 1. The first-order valence-corrected chi connectivity index (χ1v) is 6.57. The van der Waals surface area contributed by atoms with Crippen molar-refractivity contribution in [1.29, 1.82) is 0 Å². The van der Waals surface area contributed by atoms with Gasteiger partial charge in [0.1, 0.15) is 0 Å². The lowest BCUT2D eigenvalue weighted by Crippen LogP contribution is -2.27. The van der Waals surface area contributed by atoms with Crippen molar-refractivity contribution in [3.63, 3.8) is 0 Å². The second kappa shape index (κ2) is 4.76. The highest BCUT2D eigenvalue weighted by Gasteiger charge is 2.40. The second-order valence-corrected chi connectivity index (χ2v) is 5.22. The molecule has 0 amide bonds. The van der Waals surface area contributed by atoms with E-state index in [9.17, 15) is 4.57 Å². The van der Waals surface area contributed by atoms with E-state index in [2.05, 4.69) is 0 Å². The topological polar surface area (TPSA) is 65.0 Å². The summed E-state index contributed by atoms with van der Waals surface area (Å²) in [5.74, 6) is 0. The molecule has 2 bridgehead atoms. The summed E-state index contributed by atoms with van der Waals surface area (Å²) in [6.07, 6.45) is 5.30. The highest BCUT2D eigenvalue weighted by Crippen LogP contribution is 2.56. The molecule has 2 aliphatic rings. The average Bonchev–Trinajstić information content (AvgIpc) is 2.33. The van der Waals surface area contributed by atoms with Crippen LogP contribution in [0.25, 0.3) is 0 Å². The van der Waals surface area contributed by atoms with Gasteiger partial charge in [0, 0.05) is 13.0 Å². The van der Waals surface area contributed by atoms with E-state index in [0.29, 0.717) is 19.3 Å². The predicted octanol–water partition coefficient (Wildman–Crippen LogP) is 1.63. The summed E-state index contributed by atoms with van der Waals surface area (Å²) in [6, 6.07) is 0. The van der Waals surface area contributed by atoms with Gasteiger partial charge in [0.25, 0.3) is 0 Å². The van der Waals surface area contributed by atoms with Gasteiger partial charge in [0.2, 0.25) is 0 Å². The van der Waals surface area contributed by atoms with Crippen LogP contribution >= 0.6 is 7.82 Å². The zero-order valence-corrected chi connectivity index (χ0v) is 9.27. The van der Waals surface area contributed by atoms with Crippen LogP contribution in [-0.2, 0) is 18.1 Å². The molecule has 0 aromatic rings. The van der Waals surface area contributed by atoms with E-state index < -0.39 is 7.82 Å². The molecule has 0 radical (unpaired) electrons. The van der Waals surface area contributed by atoms with Crippen LogP contribution in [0.15, 0.2) is 12.2 Å². The Morgan fingerprint density at radius 3 is 3.13 bits per heavy atom. The van der Waals surface area contributed by atoms with Crippen molar-refractivity contribution < 1.29 is 23.2 Å². The number of phosphoric ester groups is 1. The maximum absolute atomic E-state index is 11.9. The minimum atomic E-state index is -3.35. The van der Waals surface area contributed by atoms with Crippen LogP contribution in [0.5, 0.6) is 0 Å². The number of aliphatic hydroxyl groups is 1. The normalized spacial score (nSPS) is 40.1. The molecule has 0 aromatic heterocycles. The fourth-order valence-corrected chi connectivity index (χ4v) is 3.21. The van der Waals surface area contributed by atoms with Gasteiger partial charge >= 0.3 is 7.82 Å². The van der Waals surface area contributed by atoms with Crippen LogP contribution in [0.2, 0.25) is 0 Å². The van der Waals surface area contributed by atoms with Crippen LogP contribution < -0.4 is 0 Å². The molecule has 2 rings (SSSR count). The van der Waals surface area contributed by atoms with Crippen molar-refractivity contribution >= 4 is 7.82 Å². The van der Waals surface area contributed by atoms with Gasteiger partial charge < -0.3 is 5.11 Å². The second-order valence-electron chi connectivity index (χ2n) is 3.64. The Morgan fingerprint density at radius 2 is 2.33 bits per heavy atom. The molecule has 0 spiro atoms. The zero-order chi connectivity index (χ0) is 10.7. The zero-order valence-electron chi connectivity index (χ0n) is 8.37. The van der Waals surface area contributed by atoms with Crippen LogP contribution in [0.1, 0.15) is 19.3 Å². The number of hydrogen-bond acceptors (Lipinski definition) is 5. The van der Waals surface area contributed by atoms with Gasteiger partial charge in [-0.1, -0.05) is 12.2 Å². The fourth-order valence-electron chi connectivity index (χ4n) is 1.72. The maximum atomic E-state index is 11.9. The van der Waals surface area contributed by atoms with Gasteiger partial charge in [0.05, 0.1) is 18.8 Å². The molecule has 5 nitrogen and oxygen atoms in total. The molecule has 86 valence electrons. The first kappa shape index (κ1) is 11.3. The van der Waals surface area contributed by atoms with Crippen LogP contribution in [0.4, 0.5) is 0 Å². The molecule has 15 heavy (non-hydrogen) atoms. The highest BCUT2D eigenvalue weighted by atomic mass is 31.2. The number of fused-ring (bicyclic) bond motifs is 2. The summed E-state index contributed by atoms with van der Waals surface area (Å²) in [4.78, 5) is 0. The van der Waals surface area contributed by atoms with Crippen LogP contribution in [-0.4, -0.2) is 30.5 Å². The maximum Gasteiger partial charge on any atom is 0.475 e. The Hall–Kier alpha value is -0.190. The minimum absolute atomic E-state index is 0.117. The highest BCUT2D eigenvalue weighted by molar-refractivity contribution is 7.48. The van der Waals surface area contributed by atoms with Gasteiger partial charge in [-0.25, -0.2) is 4.57 Å². The number of phosphoric acid groups is 1. The Balaban J connectivity index is 2.01. The lowest BCUT2D eigenvalue weighted by atomic mass is 10.1. The molecular weight excluding hydrogens is 219 g/mol. The molecule has 3 atom stereocenters. The molecule has 6 heteroatoms. The van der Waals surface area contributed by atoms with Gasteiger partial charge in [-0.3, -0.25) is 13.6 Å². The van der Waals surface area contributed by atoms with Crippen molar-refractivity contribution in [2.24, 2.45) is 0 Å². The molecular formula is C9H15O5P. The first-order chi connectivity index (χ1) is 7.22. The smallest absolute Gasteiger partial charge is 0.396 e. The summed E-state index contributed by atoms with van der Waals surface area (Å²) in [5, 5.41) is 8.72. The number of hydrogen-bond donors (Lipinski definition) is 1. The minimum Gasteiger partial charge on any atom is -0.396 e.